The standard InChI is InChI=1S/C12H23N3O2/c1-9-3-5-10(6-4-9)15(2)8-7-11(16)14-12(13)17/h9-10H,3-8H2,1-2H3,(H3,13,14,16,17). The molecule has 0 aliphatic heterocycles. The van der Waals surface area contributed by atoms with Gasteiger partial charge in [-0.25, -0.2) is 4.79 Å². The first-order chi connectivity index (χ1) is 7.99. The first-order valence-electron chi connectivity index (χ1n) is 6.28. The van der Waals surface area contributed by atoms with Crippen molar-refractivity contribution in [2.45, 2.75) is 45.1 Å². The molecular formula is C12H23N3O2. The van der Waals surface area contributed by atoms with Gasteiger partial charge in [0.2, 0.25) is 5.91 Å². The predicted octanol–water partition coefficient (Wildman–Crippen LogP) is 1.08. The summed E-state index contributed by atoms with van der Waals surface area (Å²) in [4.78, 5) is 23.9. The average Bonchev–Trinajstić information content (AvgIpc) is 2.26. The summed E-state index contributed by atoms with van der Waals surface area (Å²) in [6.07, 6.45) is 5.26. The van der Waals surface area contributed by atoms with Crippen molar-refractivity contribution in [1.29, 1.82) is 0 Å². The van der Waals surface area contributed by atoms with Crippen LogP contribution in [0.1, 0.15) is 39.0 Å². The molecule has 1 fully saturated rings. The number of carbonyl (C=O) groups is 2. The third-order valence-electron chi connectivity index (χ3n) is 3.56. The second kappa shape index (κ2) is 6.59. The summed E-state index contributed by atoms with van der Waals surface area (Å²) in [6, 6.07) is -0.197. The molecule has 0 saturated heterocycles. The molecule has 17 heavy (non-hydrogen) atoms. The molecule has 1 saturated carbocycles. The maximum absolute atomic E-state index is 11.3. The number of carbonyl (C=O) groups excluding carboxylic acids is 2. The zero-order valence-corrected chi connectivity index (χ0v) is 10.7. The van der Waals surface area contributed by atoms with Crippen molar-refractivity contribution in [3.05, 3.63) is 0 Å². The smallest absolute Gasteiger partial charge is 0.318 e. The third-order valence-corrected chi connectivity index (χ3v) is 3.56. The van der Waals surface area contributed by atoms with Crippen molar-refractivity contribution in [2.24, 2.45) is 11.7 Å². The van der Waals surface area contributed by atoms with Gasteiger partial charge < -0.3 is 10.6 Å². The van der Waals surface area contributed by atoms with Crippen molar-refractivity contribution in [2.75, 3.05) is 13.6 Å². The summed E-state index contributed by atoms with van der Waals surface area (Å²) in [5.74, 6) is 0.534. The molecule has 98 valence electrons. The minimum Gasteiger partial charge on any atom is -0.351 e. The van der Waals surface area contributed by atoms with Gasteiger partial charge in [-0.2, -0.15) is 0 Å². The van der Waals surface area contributed by atoms with Gasteiger partial charge in [0.1, 0.15) is 0 Å². The number of amides is 3. The lowest BCUT2D eigenvalue weighted by Gasteiger charge is -2.33. The first-order valence-corrected chi connectivity index (χ1v) is 6.28. The van der Waals surface area contributed by atoms with Crippen LogP contribution in [-0.2, 0) is 4.79 Å². The number of rotatable bonds is 4. The predicted molar refractivity (Wildman–Crippen MR) is 66.4 cm³/mol. The van der Waals surface area contributed by atoms with Crippen molar-refractivity contribution in [3.8, 4) is 0 Å². The normalized spacial score (nSPS) is 24.6. The fourth-order valence-corrected chi connectivity index (χ4v) is 2.34. The number of urea groups is 1. The van der Waals surface area contributed by atoms with Crippen LogP contribution in [-0.4, -0.2) is 36.5 Å². The number of hydrogen-bond acceptors (Lipinski definition) is 3. The number of primary amides is 1. The maximum Gasteiger partial charge on any atom is 0.318 e. The van der Waals surface area contributed by atoms with E-state index in [0.29, 0.717) is 19.0 Å². The molecular weight excluding hydrogens is 218 g/mol. The van der Waals surface area contributed by atoms with Gasteiger partial charge in [-0.05, 0) is 38.6 Å². The molecule has 0 aromatic rings. The highest BCUT2D eigenvalue weighted by molar-refractivity contribution is 5.93. The van der Waals surface area contributed by atoms with Crippen LogP contribution in [0.15, 0.2) is 0 Å². The molecule has 1 aliphatic carbocycles. The quantitative estimate of drug-likeness (QED) is 0.773. The summed E-state index contributed by atoms with van der Waals surface area (Å²) in [6.45, 7) is 2.97. The number of nitrogens with zero attached hydrogens (tertiary/aromatic N) is 1. The lowest BCUT2D eigenvalue weighted by Crippen LogP contribution is -2.40. The highest BCUT2D eigenvalue weighted by Crippen LogP contribution is 2.26. The molecule has 0 atom stereocenters. The maximum atomic E-state index is 11.3. The molecule has 1 rings (SSSR count). The Morgan fingerprint density at radius 1 is 1.29 bits per heavy atom. The largest absolute Gasteiger partial charge is 0.351 e. The van der Waals surface area contributed by atoms with E-state index in [-0.39, 0.29) is 5.91 Å². The van der Waals surface area contributed by atoms with Gasteiger partial charge in [-0.3, -0.25) is 10.1 Å². The molecule has 0 heterocycles. The highest BCUT2D eigenvalue weighted by atomic mass is 16.2. The molecule has 0 spiro atoms. The van der Waals surface area contributed by atoms with E-state index in [9.17, 15) is 9.59 Å². The zero-order chi connectivity index (χ0) is 12.8. The average molecular weight is 241 g/mol. The SMILES string of the molecule is CC1CCC(N(C)CCC(=O)NC(N)=O)CC1. The summed E-state index contributed by atoms with van der Waals surface area (Å²) >= 11 is 0. The van der Waals surface area contributed by atoms with E-state index in [1.807, 2.05) is 7.05 Å². The molecule has 1 aliphatic rings. The minimum atomic E-state index is -0.774. The Balaban J connectivity index is 2.22. The number of imide groups is 1. The van der Waals surface area contributed by atoms with Crippen molar-refractivity contribution >= 4 is 11.9 Å². The molecule has 5 nitrogen and oxygen atoms in total. The van der Waals surface area contributed by atoms with Crippen LogP contribution in [0, 0.1) is 5.92 Å². The third kappa shape index (κ3) is 5.17. The second-order valence-corrected chi connectivity index (χ2v) is 5.06. The van der Waals surface area contributed by atoms with E-state index in [1.54, 1.807) is 0 Å². The van der Waals surface area contributed by atoms with E-state index in [2.05, 4.69) is 17.1 Å². The molecule has 0 bridgehead atoms. The topological polar surface area (TPSA) is 75.4 Å². The van der Waals surface area contributed by atoms with Gasteiger partial charge in [-0.15, -0.1) is 0 Å². The fraction of sp³-hybridized carbons (Fsp3) is 0.833. The van der Waals surface area contributed by atoms with E-state index in [0.717, 1.165) is 5.92 Å². The van der Waals surface area contributed by atoms with Gasteiger partial charge in [0.25, 0.3) is 0 Å². The van der Waals surface area contributed by atoms with Crippen molar-refractivity contribution in [3.63, 3.8) is 0 Å². The van der Waals surface area contributed by atoms with Crippen molar-refractivity contribution in [1.82, 2.24) is 10.2 Å². The lowest BCUT2D eigenvalue weighted by molar-refractivity contribution is -0.120. The van der Waals surface area contributed by atoms with Crippen LogP contribution in [0.3, 0.4) is 0 Å². The summed E-state index contributed by atoms with van der Waals surface area (Å²) in [5, 5.41) is 2.08. The van der Waals surface area contributed by atoms with Crippen LogP contribution in [0.2, 0.25) is 0 Å². The van der Waals surface area contributed by atoms with Gasteiger partial charge in [0.05, 0.1) is 0 Å². The summed E-state index contributed by atoms with van der Waals surface area (Å²) in [5.41, 5.74) is 4.87. The highest BCUT2D eigenvalue weighted by Gasteiger charge is 2.21. The Kier molecular flexibility index (Phi) is 5.41. The van der Waals surface area contributed by atoms with Crippen LogP contribution >= 0.6 is 0 Å². The molecule has 0 radical (unpaired) electrons. The van der Waals surface area contributed by atoms with Gasteiger partial charge in [0, 0.05) is 19.0 Å². The van der Waals surface area contributed by atoms with E-state index >= 15 is 0 Å². The van der Waals surface area contributed by atoms with E-state index in [1.165, 1.54) is 25.7 Å². The zero-order valence-electron chi connectivity index (χ0n) is 10.7. The summed E-state index contributed by atoms with van der Waals surface area (Å²) < 4.78 is 0. The Labute approximate surface area is 103 Å². The summed E-state index contributed by atoms with van der Waals surface area (Å²) in [7, 11) is 2.04. The van der Waals surface area contributed by atoms with Crippen LogP contribution < -0.4 is 11.1 Å². The minimum absolute atomic E-state index is 0.298. The Hall–Kier alpha value is -1.10. The second-order valence-electron chi connectivity index (χ2n) is 5.06. The van der Waals surface area contributed by atoms with E-state index < -0.39 is 6.03 Å². The fourth-order valence-electron chi connectivity index (χ4n) is 2.34. The molecule has 0 unspecified atom stereocenters. The Bertz CT molecular complexity index is 273. The Morgan fingerprint density at radius 2 is 1.88 bits per heavy atom. The molecule has 0 aromatic heterocycles. The molecule has 5 heteroatoms. The Morgan fingerprint density at radius 3 is 2.41 bits per heavy atom. The molecule has 3 N–H and O–H groups in total. The number of nitrogens with one attached hydrogen (secondary N) is 1. The number of nitrogens with two attached hydrogens (primary N) is 1. The van der Waals surface area contributed by atoms with Crippen molar-refractivity contribution < 1.29 is 9.59 Å². The monoisotopic (exact) mass is 241 g/mol. The molecule has 0 aromatic carbocycles. The van der Waals surface area contributed by atoms with Crippen LogP contribution in [0.25, 0.3) is 0 Å². The molecule has 3 amide bonds. The van der Waals surface area contributed by atoms with Crippen LogP contribution in [0.5, 0.6) is 0 Å². The first kappa shape index (κ1) is 14.0. The van der Waals surface area contributed by atoms with Crippen LogP contribution in [0.4, 0.5) is 4.79 Å². The number of hydrogen-bond donors (Lipinski definition) is 2. The van der Waals surface area contributed by atoms with E-state index in [4.69, 9.17) is 5.73 Å². The van der Waals surface area contributed by atoms with Gasteiger partial charge in [0.15, 0.2) is 0 Å². The lowest BCUT2D eigenvalue weighted by atomic mass is 9.87. The van der Waals surface area contributed by atoms with Gasteiger partial charge in [-0.1, -0.05) is 6.92 Å². The van der Waals surface area contributed by atoms with Gasteiger partial charge >= 0.3 is 6.03 Å².